The third-order valence-electron chi connectivity index (χ3n) is 2.36. The van der Waals surface area contributed by atoms with Crippen molar-refractivity contribution >= 4 is 11.9 Å². The minimum Gasteiger partial charge on any atom is -0.320 e. The molecular weight excluding hydrogens is 202 g/mol. The van der Waals surface area contributed by atoms with Gasteiger partial charge in [0.15, 0.2) is 0 Å². The van der Waals surface area contributed by atoms with Crippen molar-refractivity contribution in [2.75, 3.05) is 5.32 Å². The lowest BCUT2D eigenvalue weighted by atomic mass is 10.1. The smallest absolute Gasteiger partial charge is 0.257 e. The van der Waals surface area contributed by atoms with Crippen molar-refractivity contribution in [3.8, 4) is 0 Å². The Kier molecular flexibility index (Phi) is 2.72. The van der Waals surface area contributed by atoms with Crippen molar-refractivity contribution < 1.29 is 4.79 Å². The molecule has 2 aromatic rings. The Morgan fingerprint density at radius 3 is 2.56 bits per heavy atom. The predicted octanol–water partition coefficient (Wildman–Crippen LogP) is 1.98. The predicted molar refractivity (Wildman–Crippen MR) is 62.3 cm³/mol. The molecule has 1 N–H and O–H groups in total. The van der Waals surface area contributed by atoms with Gasteiger partial charge in [-0.1, -0.05) is 17.7 Å². The van der Waals surface area contributed by atoms with Gasteiger partial charge >= 0.3 is 0 Å². The zero-order chi connectivity index (χ0) is 11.5. The van der Waals surface area contributed by atoms with Gasteiger partial charge in [0.05, 0.1) is 0 Å². The van der Waals surface area contributed by atoms with E-state index < -0.39 is 0 Å². The van der Waals surface area contributed by atoms with E-state index in [9.17, 15) is 4.79 Å². The van der Waals surface area contributed by atoms with E-state index in [-0.39, 0.29) is 5.91 Å². The molecule has 82 valence electrons. The van der Waals surface area contributed by atoms with Gasteiger partial charge in [0.2, 0.25) is 5.95 Å². The van der Waals surface area contributed by atoms with Gasteiger partial charge in [0.25, 0.3) is 5.91 Å². The van der Waals surface area contributed by atoms with Gasteiger partial charge in [-0.05, 0) is 19.1 Å². The quantitative estimate of drug-likeness (QED) is 0.832. The Balaban J connectivity index is 2.15. The van der Waals surface area contributed by atoms with Crippen LogP contribution in [0.25, 0.3) is 0 Å². The molecule has 0 aliphatic rings. The number of aryl methyl sites for hydroxylation is 2. The average molecular weight is 215 g/mol. The Morgan fingerprint density at radius 1 is 1.31 bits per heavy atom. The topological polar surface area (TPSA) is 46.9 Å². The van der Waals surface area contributed by atoms with E-state index in [2.05, 4.69) is 10.3 Å². The number of benzene rings is 1. The van der Waals surface area contributed by atoms with Crippen LogP contribution in [-0.4, -0.2) is 15.5 Å². The summed E-state index contributed by atoms with van der Waals surface area (Å²) in [6.45, 7) is 1.99. The van der Waals surface area contributed by atoms with Gasteiger partial charge in [0, 0.05) is 25.0 Å². The molecule has 0 unspecified atom stereocenters. The Morgan fingerprint density at radius 2 is 2.00 bits per heavy atom. The number of carbonyl (C=O) groups excluding carboxylic acids is 1. The van der Waals surface area contributed by atoms with Crippen LogP contribution in [0.4, 0.5) is 5.95 Å². The zero-order valence-corrected chi connectivity index (χ0v) is 9.27. The zero-order valence-electron chi connectivity index (χ0n) is 9.27. The minimum absolute atomic E-state index is 0.144. The van der Waals surface area contributed by atoms with Gasteiger partial charge in [-0.15, -0.1) is 0 Å². The lowest BCUT2D eigenvalue weighted by molar-refractivity contribution is 0.102. The highest BCUT2D eigenvalue weighted by atomic mass is 16.1. The third-order valence-corrected chi connectivity index (χ3v) is 2.36. The number of nitrogens with zero attached hydrogens (tertiary/aromatic N) is 2. The Labute approximate surface area is 93.9 Å². The molecule has 1 heterocycles. The molecule has 0 saturated carbocycles. The summed E-state index contributed by atoms with van der Waals surface area (Å²) in [5, 5.41) is 2.74. The normalized spacial score (nSPS) is 10.1. The maximum absolute atomic E-state index is 11.8. The van der Waals surface area contributed by atoms with E-state index >= 15 is 0 Å². The van der Waals surface area contributed by atoms with Crippen LogP contribution in [0.15, 0.2) is 36.7 Å². The van der Waals surface area contributed by atoms with E-state index in [4.69, 9.17) is 0 Å². The number of hydrogen-bond donors (Lipinski definition) is 1. The number of amides is 1. The standard InChI is InChI=1S/C12H13N3O/c1-9-3-5-10(6-4-9)11(16)14-12-13-7-8-15(12)2/h3-8H,1-2H3,(H,13,14,16). The van der Waals surface area contributed by atoms with E-state index in [1.165, 1.54) is 0 Å². The van der Waals surface area contributed by atoms with Gasteiger partial charge < -0.3 is 4.57 Å². The van der Waals surface area contributed by atoms with Crippen LogP contribution in [0.1, 0.15) is 15.9 Å². The Hall–Kier alpha value is -2.10. The number of aromatic nitrogens is 2. The summed E-state index contributed by atoms with van der Waals surface area (Å²) in [6.07, 6.45) is 3.43. The molecule has 0 radical (unpaired) electrons. The van der Waals surface area contributed by atoms with E-state index in [0.717, 1.165) is 5.56 Å². The molecule has 0 spiro atoms. The fourth-order valence-corrected chi connectivity index (χ4v) is 1.36. The first-order chi connectivity index (χ1) is 7.66. The fourth-order valence-electron chi connectivity index (χ4n) is 1.36. The van der Waals surface area contributed by atoms with Crippen molar-refractivity contribution in [2.45, 2.75) is 6.92 Å². The molecule has 0 saturated heterocycles. The van der Waals surface area contributed by atoms with Crippen molar-refractivity contribution in [1.82, 2.24) is 9.55 Å². The molecule has 0 bridgehead atoms. The molecule has 0 aliphatic carbocycles. The molecule has 0 atom stereocenters. The van der Waals surface area contributed by atoms with Gasteiger partial charge in [0.1, 0.15) is 0 Å². The van der Waals surface area contributed by atoms with E-state index in [0.29, 0.717) is 11.5 Å². The highest BCUT2D eigenvalue weighted by Crippen LogP contribution is 2.07. The molecular formula is C12H13N3O. The van der Waals surface area contributed by atoms with Crippen LogP contribution in [0.2, 0.25) is 0 Å². The summed E-state index contributed by atoms with van der Waals surface area (Å²) < 4.78 is 1.76. The monoisotopic (exact) mass is 215 g/mol. The molecule has 1 aromatic heterocycles. The maximum atomic E-state index is 11.8. The largest absolute Gasteiger partial charge is 0.320 e. The number of hydrogen-bond acceptors (Lipinski definition) is 2. The molecule has 4 heteroatoms. The van der Waals surface area contributed by atoms with Crippen LogP contribution < -0.4 is 5.32 Å². The molecule has 0 aliphatic heterocycles. The van der Waals surface area contributed by atoms with Crippen LogP contribution in [0.3, 0.4) is 0 Å². The third kappa shape index (κ3) is 2.11. The number of anilines is 1. The molecule has 16 heavy (non-hydrogen) atoms. The Bertz CT molecular complexity index is 499. The molecule has 1 aromatic carbocycles. The maximum Gasteiger partial charge on any atom is 0.257 e. The van der Waals surface area contributed by atoms with E-state index in [1.54, 1.807) is 29.1 Å². The summed E-state index contributed by atoms with van der Waals surface area (Å²) in [7, 11) is 1.83. The fraction of sp³-hybridized carbons (Fsp3) is 0.167. The first-order valence-corrected chi connectivity index (χ1v) is 5.02. The molecule has 2 rings (SSSR count). The van der Waals surface area contributed by atoms with Crippen molar-refractivity contribution in [1.29, 1.82) is 0 Å². The highest BCUT2D eigenvalue weighted by molar-refractivity contribution is 6.03. The van der Waals surface area contributed by atoms with Crippen molar-refractivity contribution in [3.63, 3.8) is 0 Å². The van der Waals surface area contributed by atoms with E-state index in [1.807, 2.05) is 26.1 Å². The lowest BCUT2D eigenvalue weighted by Gasteiger charge is -2.04. The second-order valence-corrected chi connectivity index (χ2v) is 3.68. The summed E-state index contributed by atoms with van der Waals surface area (Å²) in [5.74, 6) is 0.403. The molecule has 4 nitrogen and oxygen atoms in total. The summed E-state index contributed by atoms with van der Waals surface area (Å²) in [5.41, 5.74) is 1.77. The van der Waals surface area contributed by atoms with Crippen molar-refractivity contribution in [2.24, 2.45) is 7.05 Å². The van der Waals surface area contributed by atoms with Gasteiger partial charge in [-0.3, -0.25) is 10.1 Å². The number of carbonyl (C=O) groups is 1. The first-order valence-electron chi connectivity index (χ1n) is 5.02. The van der Waals surface area contributed by atoms with Crippen LogP contribution in [0.5, 0.6) is 0 Å². The lowest BCUT2D eigenvalue weighted by Crippen LogP contribution is -2.14. The first kappa shape index (κ1) is 10.4. The average Bonchev–Trinajstić information content (AvgIpc) is 2.65. The summed E-state index contributed by atoms with van der Waals surface area (Å²) in [4.78, 5) is 15.8. The van der Waals surface area contributed by atoms with Gasteiger partial charge in [-0.2, -0.15) is 0 Å². The second kappa shape index (κ2) is 4.18. The number of imidazole rings is 1. The second-order valence-electron chi connectivity index (χ2n) is 3.68. The minimum atomic E-state index is -0.144. The van der Waals surface area contributed by atoms with Crippen molar-refractivity contribution in [3.05, 3.63) is 47.8 Å². The van der Waals surface area contributed by atoms with Crippen LogP contribution in [-0.2, 0) is 7.05 Å². The summed E-state index contributed by atoms with van der Waals surface area (Å²) >= 11 is 0. The highest BCUT2D eigenvalue weighted by Gasteiger charge is 2.07. The van der Waals surface area contributed by atoms with Crippen LogP contribution >= 0.6 is 0 Å². The molecule has 1 amide bonds. The number of rotatable bonds is 2. The number of nitrogens with one attached hydrogen (secondary N) is 1. The molecule has 0 fully saturated rings. The van der Waals surface area contributed by atoms with Gasteiger partial charge in [-0.25, -0.2) is 4.98 Å². The SMILES string of the molecule is Cc1ccc(C(=O)Nc2nccn2C)cc1. The summed E-state index contributed by atoms with van der Waals surface area (Å²) in [6, 6.07) is 7.42. The van der Waals surface area contributed by atoms with Crippen LogP contribution in [0, 0.1) is 6.92 Å².